The lowest BCUT2D eigenvalue weighted by Gasteiger charge is -2.11. The number of phenols is 1. The predicted molar refractivity (Wildman–Crippen MR) is 70.0 cm³/mol. The minimum absolute atomic E-state index is 0.0746. The highest BCUT2D eigenvalue weighted by Crippen LogP contribution is 2.25. The number of sulfonamides is 1. The van der Waals surface area contributed by atoms with Gasteiger partial charge in [0.1, 0.15) is 10.6 Å². The Morgan fingerprint density at radius 1 is 1.05 bits per heavy atom. The van der Waals surface area contributed by atoms with E-state index >= 15 is 0 Å². The van der Waals surface area contributed by atoms with Crippen LogP contribution in [0.5, 0.6) is 5.75 Å². The van der Waals surface area contributed by atoms with E-state index < -0.39 is 32.4 Å². The van der Waals surface area contributed by atoms with Crippen LogP contribution in [0.4, 0.5) is 18.9 Å². The van der Waals surface area contributed by atoms with Crippen LogP contribution in [0.3, 0.4) is 0 Å². The second-order valence-corrected chi connectivity index (χ2v) is 5.93. The zero-order valence-electron chi connectivity index (χ0n) is 10.7. The third-order valence-corrected chi connectivity index (χ3v) is 4.13. The summed E-state index contributed by atoms with van der Waals surface area (Å²) in [7, 11) is -4.43. The Bertz CT molecular complexity index is 807. The highest BCUT2D eigenvalue weighted by Gasteiger charge is 2.24. The molecular formula is C13H10F3NO3S. The number of nitrogens with one attached hydrogen (secondary N) is 1. The first-order valence-electron chi connectivity index (χ1n) is 5.68. The largest absolute Gasteiger partial charge is 0.508 e. The lowest BCUT2D eigenvalue weighted by atomic mass is 10.2. The van der Waals surface area contributed by atoms with Crippen LogP contribution in [-0.4, -0.2) is 13.5 Å². The SMILES string of the molecule is Cc1cc(O)ccc1NS(=O)(=O)c1ccc(F)c(F)c1F. The van der Waals surface area contributed by atoms with Gasteiger partial charge < -0.3 is 5.11 Å². The maximum Gasteiger partial charge on any atom is 0.264 e. The van der Waals surface area contributed by atoms with Crippen LogP contribution in [0, 0.1) is 24.4 Å². The maximum atomic E-state index is 13.6. The molecule has 4 nitrogen and oxygen atoms in total. The number of aryl methyl sites for hydroxylation is 1. The van der Waals surface area contributed by atoms with Crippen molar-refractivity contribution in [3.05, 3.63) is 53.3 Å². The van der Waals surface area contributed by atoms with Crippen molar-refractivity contribution in [1.82, 2.24) is 0 Å². The van der Waals surface area contributed by atoms with Gasteiger partial charge in [0.15, 0.2) is 17.5 Å². The molecule has 2 aromatic rings. The highest BCUT2D eigenvalue weighted by molar-refractivity contribution is 7.92. The maximum absolute atomic E-state index is 13.6. The zero-order chi connectivity index (χ0) is 15.8. The van der Waals surface area contributed by atoms with Gasteiger partial charge in [-0.25, -0.2) is 21.6 Å². The minimum atomic E-state index is -4.43. The summed E-state index contributed by atoms with van der Waals surface area (Å²) >= 11 is 0. The van der Waals surface area contributed by atoms with Gasteiger partial charge in [-0.3, -0.25) is 4.72 Å². The summed E-state index contributed by atoms with van der Waals surface area (Å²) in [5, 5.41) is 9.24. The molecule has 0 heterocycles. The number of rotatable bonds is 3. The van der Waals surface area contributed by atoms with E-state index in [1.54, 1.807) is 0 Å². The lowest BCUT2D eigenvalue weighted by Crippen LogP contribution is -2.16. The predicted octanol–water partition coefficient (Wildman–Crippen LogP) is 2.92. The summed E-state index contributed by atoms with van der Waals surface area (Å²) in [6, 6.07) is 4.94. The molecule has 8 heteroatoms. The second kappa shape index (κ2) is 5.28. The van der Waals surface area contributed by atoms with Gasteiger partial charge in [0.05, 0.1) is 5.69 Å². The Labute approximate surface area is 118 Å². The highest BCUT2D eigenvalue weighted by atomic mass is 32.2. The Morgan fingerprint density at radius 3 is 2.33 bits per heavy atom. The first kappa shape index (κ1) is 15.2. The number of halogens is 3. The van der Waals surface area contributed by atoms with E-state index in [1.807, 2.05) is 4.72 Å². The van der Waals surface area contributed by atoms with Gasteiger partial charge in [-0.2, -0.15) is 0 Å². The number of benzene rings is 2. The number of aromatic hydroxyl groups is 1. The van der Waals surface area contributed by atoms with Gasteiger partial charge >= 0.3 is 0 Å². The first-order valence-corrected chi connectivity index (χ1v) is 7.16. The molecule has 0 bridgehead atoms. The van der Waals surface area contributed by atoms with Gasteiger partial charge in [-0.1, -0.05) is 0 Å². The van der Waals surface area contributed by atoms with Crippen molar-refractivity contribution >= 4 is 15.7 Å². The average Bonchev–Trinajstić information content (AvgIpc) is 2.39. The molecule has 2 rings (SSSR count). The van der Waals surface area contributed by atoms with Crippen molar-refractivity contribution in [2.45, 2.75) is 11.8 Å². The normalized spacial score (nSPS) is 11.4. The molecule has 0 aliphatic carbocycles. The van der Waals surface area contributed by atoms with E-state index in [2.05, 4.69) is 0 Å². The van der Waals surface area contributed by atoms with E-state index in [4.69, 9.17) is 0 Å². The van der Waals surface area contributed by atoms with E-state index in [0.29, 0.717) is 17.7 Å². The van der Waals surface area contributed by atoms with Gasteiger partial charge in [0.2, 0.25) is 0 Å². The summed E-state index contributed by atoms with van der Waals surface area (Å²) in [5.41, 5.74) is 0.457. The van der Waals surface area contributed by atoms with Gasteiger partial charge in [0, 0.05) is 0 Å². The number of phenolic OH excluding ortho intramolecular Hbond substituents is 1. The number of hydrogen-bond acceptors (Lipinski definition) is 3. The third kappa shape index (κ3) is 2.94. The molecule has 0 fully saturated rings. The molecule has 0 unspecified atom stereocenters. The molecule has 0 saturated heterocycles. The van der Waals surface area contributed by atoms with Crippen LogP contribution < -0.4 is 4.72 Å². The Kier molecular flexibility index (Phi) is 3.82. The van der Waals surface area contributed by atoms with Crippen LogP contribution >= 0.6 is 0 Å². The minimum Gasteiger partial charge on any atom is -0.508 e. The summed E-state index contributed by atoms with van der Waals surface area (Å²) in [6.45, 7) is 1.51. The molecule has 0 radical (unpaired) electrons. The third-order valence-electron chi connectivity index (χ3n) is 2.74. The molecule has 0 aliphatic heterocycles. The van der Waals surface area contributed by atoms with Crippen LogP contribution in [0.25, 0.3) is 0 Å². The molecule has 2 N–H and O–H groups in total. The average molecular weight is 317 g/mol. The van der Waals surface area contributed by atoms with E-state index in [1.165, 1.54) is 25.1 Å². The molecule has 112 valence electrons. The van der Waals surface area contributed by atoms with E-state index in [-0.39, 0.29) is 11.4 Å². The molecule has 0 saturated carbocycles. The van der Waals surface area contributed by atoms with E-state index in [0.717, 1.165) is 0 Å². The van der Waals surface area contributed by atoms with Crippen LogP contribution in [0.15, 0.2) is 35.2 Å². The topological polar surface area (TPSA) is 66.4 Å². The van der Waals surface area contributed by atoms with Crippen LogP contribution in [-0.2, 0) is 10.0 Å². The van der Waals surface area contributed by atoms with Crippen molar-refractivity contribution in [3.63, 3.8) is 0 Å². The zero-order valence-corrected chi connectivity index (χ0v) is 11.5. The van der Waals surface area contributed by atoms with Crippen LogP contribution in [0.2, 0.25) is 0 Å². The van der Waals surface area contributed by atoms with Crippen LogP contribution in [0.1, 0.15) is 5.56 Å². The Morgan fingerprint density at radius 2 is 1.71 bits per heavy atom. The fourth-order valence-corrected chi connectivity index (χ4v) is 2.88. The summed E-state index contributed by atoms with van der Waals surface area (Å²) in [6.07, 6.45) is 0. The summed E-state index contributed by atoms with van der Waals surface area (Å²) in [5.74, 6) is -5.21. The standard InChI is InChI=1S/C13H10F3NO3S/c1-7-6-8(18)2-4-10(7)17-21(19,20)11-5-3-9(14)12(15)13(11)16/h2-6,17-18H,1H3. The number of hydrogen-bond donors (Lipinski definition) is 2. The van der Waals surface area contributed by atoms with Gasteiger partial charge in [-0.05, 0) is 42.8 Å². The molecule has 0 aliphatic rings. The molecular weight excluding hydrogens is 307 g/mol. The van der Waals surface area contributed by atoms with Gasteiger partial charge in [0.25, 0.3) is 10.0 Å². The number of anilines is 1. The fourth-order valence-electron chi connectivity index (χ4n) is 1.68. The van der Waals surface area contributed by atoms with Crippen molar-refractivity contribution in [1.29, 1.82) is 0 Å². The summed E-state index contributed by atoms with van der Waals surface area (Å²) < 4.78 is 65.6. The van der Waals surface area contributed by atoms with E-state index in [9.17, 15) is 26.7 Å². The quantitative estimate of drug-likeness (QED) is 0.676. The van der Waals surface area contributed by atoms with Gasteiger partial charge in [-0.15, -0.1) is 0 Å². The van der Waals surface area contributed by atoms with Crippen molar-refractivity contribution < 1.29 is 26.7 Å². The Hall–Kier alpha value is -2.22. The van der Waals surface area contributed by atoms with Crippen molar-refractivity contribution in [2.24, 2.45) is 0 Å². The first-order chi connectivity index (χ1) is 9.72. The second-order valence-electron chi connectivity index (χ2n) is 4.28. The fraction of sp³-hybridized carbons (Fsp3) is 0.0769. The lowest BCUT2D eigenvalue weighted by molar-refractivity contribution is 0.432. The molecule has 0 spiro atoms. The molecule has 0 atom stereocenters. The molecule has 21 heavy (non-hydrogen) atoms. The molecule has 0 aromatic heterocycles. The van der Waals surface area contributed by atoms with Crippen molar-refractivity contribution in [3.8, 4) is 5.75 Å². The Balaban J connectivity index is 2.46. The molecule has 0 amide bonds. The monoisotopic (exact) mass is 317 g/mol. The summed E-state index contributed by atoms with van der Waals surface area (Å²) in [4.78, 5) is -1.01. The molecule has 2 aromatic carbocycles. The van der Waals surface area contributed by atoms with Crippen molar-refractivity contribution in [2.75, 3.05) is 4.72 Å². The smallest absolute Gasteiger partial charge is 0.264 e.